The van der Waals surface area contributed by atoms with Crippen LogP contribution in [0.2, 0.25) is 0 Å². The number of rotatable bonds is 0. The summed E-state index contributed by atoms with van der Waals surface area (Å²) >= 11 is 5.04. The van der Waals surface area contributed by atoms with E-state index >= 15 is 0 Å². The maximum atomic E-state index is 10.4. The fraction of sp³-hybridized carbons (Fsp3) is 0. The normalized spacial score (nSPS) is 8.08. The van der Waals surface area contributed by atoms with E-state index in [0.29, 0.717) is 0 Å². The van der Waals surface area contributed by atoms with Crippen LogP contribution in [-0.4, -0.2) is 117 Å². The molecular formula is C3H4ClK2N3O3. The van der Waals surface area contributed by atoms with Crippen LogP contribution in [0.15, 0.2) is 14.4 Å². The van der Waals surface area contributed by atoms with E-state index < -0.39 is 17.1 Å². The Morgan fingerprint density at radius 2 is 1.33 bits per heavy atom. The maximum absolute atomic E-state index is 10.4. The first-order chi connectivity index (χ1) is 4.61. The Bertz CT molecular complexity index is 372. The summed E-state index contributed by atoms with van der Waals surface area (Å²) in [5.41, 5.74) is -2.77. The van der Waals surface area contributed by atoms with Crippen LogP contribution < -0.4 is 17.1 Å². The van der Waals surface area contributed by atoms with E-state index in [2.05, 4.69) is 0 Å². The van der Waals surface area contributed by atoms with Crippen molar-refractivity contribution in [2.24, 2.45) is 0 Å². The van der Waals surface area contributed by atoms with Gasteiger partial charge in [-0.3, -0.25) is 9.97 Å². The minimum atomic E-state index is -0.949. The average molecular weight is 244 g/mol. The first kappa shape index (κ1) is 16.4. The molecule has 0 saturated carbocycles. The Labute approximate surface area is 156 Å². The van der Waals surface area contributed by atoms with E-state index in [0.717, 1.165) is 0 Å². The number of nitrogens with one attached hydrogen (secondary N) is 2. The Morgan fingerprint density at radius 1 is 1.00 bits per heavy atom. The molecule has 0 aliphatic rings. The standard InChI is InChI=1S/C3H2ClN3O3.2K.2H/c4-7-2(9)5-1(8)6-3(7)10;;;;/h(H2,5,6,8,9,10);;;;. The molecule has 58 valence electrons. The molecule has 9 heteroatoms. The topological polar surface area (TPSA) is 87.7 Å². The molecular weight excluding hydrogens is 240 g/mol. The molecule has 1 heterocycles. The van der Waals surface area contributed by atoms with Crippen molar-refractivity contribution in [3.63, 3.8) is 0 Å². The van der Waals surface area contributed by atoms with Gasteiger partial charge in [-0.05, 0) is 0 Å². The van der Waals surface area contributed by atoms with Crippen LogP contribution in [-0.2, 0) is 0 Å². The molecule has 0 unspecified atom stereocenters. The van der Waals surface area contributed by atoms with Crippen molar-refractivity contribution in [3.8, 4) is 0 Å². The molecule has 0 radical (unpaired) electrons. The number of hydrogen-bond donors (Lipinski definition) is 2. The third kappa shape index (κ3) is 4.46. The van der Waals surface area contributed by atoms with E-state index in [1.807, 2.05) is 0 Å². The molecule has 0 aliphatic carbocycles. The van der Waals surface area contributed by atoms with Crippen molar-refractivity contribution >= 4 is 115 Å². The molecule has 0 fully saturated rings. The summed E-state index contributed by atoms with van der Waals surface area (Å²) < 4.78 is 0.238. The van der Waals surface area contributed by atoms with Crippen LogP contribution in [0.5, 0.6) is 0 Å². The number of nitrogens with zero attached hydrogens (tertiary/aromatic N) is 1. The molecule has 1 aromatic heterocycles. The molecule has 0 bridgehead atoms. The van der Waals surface area contributed by atoms with Gasteiger partial charge in [0, 0.05) is 11.8 Å². The molecule has 0 atom stereocenters. The summed E-state index contributed by atoms with van der Waals surface area (Å²) in [5.74, 6) is 0. The molecule has 6 nitrogen and oxygen atoms in total. The van der Waals surface area contributed by atoms with Gasteiger partial charge in [-0.25, -0.2) is 14.4 Å². The van der Waals surface area contributed by atoms with E-state index in [4.69, 9.17) is 11.8 Å². The fourth-order valence-electron chi connectivity index (χ4n) is 0.416. The van der Waals surface area contributed by atoms with Gasteiger partial charge in [-0.2, -0.15) is 4.09 Å². The van der Waals surface area contributed by atoms with E-state index in [1.165, 1.54) is 0 Å². The molecule has 12 heavy (non-hydrogen) atoms. The Kier molecular flexibility index (Phi) is 9.96. The Morgan fingerprint density at radius 3 is 1.67 bits per heavy atom. The van der Waals surface area contributed by atoms with Crippen LogP contribution in [0.3, 0.4) is 0 Å². The number of H-pyrrole nitrogens is 2. The van der Waals surface area contributed by atoms with Crippen LogP contribution >= 0.6 is 11.8 Å². The van der Waals surface area contributed by atoms with Gasteiger partial charge in [0.2, 0.25) is 0 Å². The van der Waals surface area contributed by atoms with Crippen LogP contribution in [0.4, 0.5) is 0 Å². The predicted octanol–water partition coefficient (Wildman–Crippen LogP) is -3.07. The molecule has 0 saturated heterocycles. The third-order valence-corrected chi connectivity index (χ3v) is 1.10. The average Bonchev–Trinajstić information content (AvgIpc) is 1.82. The summed E-state index contributed by atoms with van der Waals surface area (Å²) in [4.78, 5) is 34.6. The summed E-state index contributed by atoms with van der Waals surface area (Å²) in [6, 6.07) is 0. The minimum absolute atomic E-state index is 0. The van der Waals surface area contributed by atoms with Gasteiger partial charge >= 0.3 is 120 Å². The summed E-state index contributed by atoms with van der Waals surface area (Å²) in [6.45, 7) is 0. The fourth-order valence-corrected chi connectivity index (χ4v) is 0.500. The van der Waals surface area contributed by atoms with Crippen LogP contribution in [0.25, 0.3) is 0 Å². The van der Waals surface area contributed by atoms with Gasteiger partial charge in [0.05, 0.1) is 0 Å². The van der Waals surface area contributed by atoms with Crippen molar-refractivity contribution in [2.45, 2.75) is 0 Å². The zero-order valence-electron chi connectivity index (χ0n) is 4.55. The first-order valence-corrected chi connectivity index (χ1v) is 2.57. The van der Waals surface area contributed by atoms with Crippen molar-refractivity contribution in [1.82, 2.24) is 14.1 Å². The number of halogens is 1. The molecule has 0 aliphatic heterocycles. The van der Waals surface area contributed by atoms with Crippen LogP contribution in [0.1, 0.15) is 0 Å². The van der Waals surface area contributed by atoms with Gasteiger partial charge in [-0.1, -0.05) is 0 Å². The van der Waals surface area contributed by atoms with E-state index in [1.54, 1.807) is 9.97 Å². The third-order valence-electron chi connectivity index (χ3n) is 0.798. The van der Waals surface area contributed by atoms with Gasteiger partial charge < -0.3 is 0 Å². The monoisotopic (exact) mass is 243 g/mol. The zero-order valence-corrected chi connectivity index (χ0v) is 5.31. The first-order valence-electron chi connectivity index (χ1n) is 2.23. The molecule has 0 spiro atoms. The second-order valence-electron chi connectivity index (χ2n) is 1.47. The quantitative estimate of drug-likeness (QED) is 0.474. The summed E-state index contributed by atoms with van der Waals surface area (Å²) in [6.07, 6.45) is 0. The molecule has 0 aromatic carbocycles. The molecule has 1 rings (SSSR count). The predicted molar refractivity (Wildman–Crippen MR) is 47.5 cm³/mol. The molecule has 1 aromatic rings. The van der Waals surface area contributed by atoms with E-state index in [-0.39, 0.29) is 107 Å². The van der Waals surface area contributed by atoms with Gasteiger partial charge in [0.25, 0.3) is 0 Å². The van der Waals surface area contributed by atoms with Crippen molar-refractivity contribution in [3.05, 3.63) is 31.5 Å². The van der Waals surface area contributed by atoms with Gasteiger partial charge in [0.15, 0.2) is 0 Å². The Balaban J connectivity index is 0. The van der Waals surface area contributed by atoms with Crippen LogP contribution in [0, 0.1) is 0 Å². The second kappa shape index (κ2) is 7.29. The summed E-state index contributed by atoms with van der Waals surface area (Å²) in [5, 5.41) is 0. The molecule has 0 amide bonds. The number of hydrogen-bond acceptors (Lipinski definition) is 3. The second-order valence-corrected chi connectivity index (χ2v) is 1.81. The molecule has 2 N–H and O–H groups in total. The van der Waals surface area contributed by atoms with E-state index in [9.17, 15) is 14.4 Å². The zero-order chi connectivity index (χ0) is 7.72. The van der Waals surface area contributed by atoms with Gasteiger partial charge in [0.1, 0.15) is 0 Å². The number of aromatic nitrogens is 3. The summed E-state index contributed by atoms with van der Waals surface area (Å²) in [7, 11) is 0. The van der Waals surface area contributed by atoms with Crippen molar-refractivity contribution in [1.29, 1.82) is 0 Å². The number of aromatic amines is 2. The Hall–Kier alpha value is 1.97. The SMILES string of the molecule is O=c1[nH]c(=O)n(Cl)c(=O)[nH]1.[KH].[KH]. The van der Waals surface area contributed by atoms with Gasteiger partial charge in [-0.15, -0.1) is 0 Å². The van der Waals surface area contributed by atoms with Crippen molar-refractivity contribution in [2.75, 3.05) is 0 Å². The van der Waals surface area contributed by atoms with Crippen molar-refractivity contribution < 1.29 is 0 Å².